The van der Waals surface area contributed by atoms with Crippen LogP contribution in [-0.4, -0.2) is 54.3 Å². The van der Waals surface area contributed by atoms with E-state index in [1.165, 1.54) is 12.1 Å². The van der Waals surface area contributed by atoms with Crippen molar-refractivity contribution < 1.29 is 13.9 Å². The van der Waals surface area contributed by atoms with Crippen LogP contribution in [0.4, 0.5) is 8.78 Å². The Morgan fingerprint density at radius 1 is 1.19 bits per heavy atom. The summed E-state index contributed by atoms with van der Waals surface area (Å²) in [6.45, 7) is 8.03. The van der Waals surface area contributed by atoms with Crippen molar-refractivity contribution in [2.24, 2.45) is 10.4 Å². The van der Waals surface area contributed by atoms with Crippen molar-refractivity contribution in [3.8, 4) is 0 Å². The molecule has 1 aromatic carbocycles. The van der Waals surface area contributed by atoms with Crippen LogP contribution in [0.1, 0.15) is 57.9 Å². The van der Waals surface area contributed by atoms with Crippen LogP contribution in [0, 0.1) is 17.0 Å². The molecule has 2 aliphatic rings. The summed E-state index contributed by atoms with van der Waals surface area (Å²) in [5.41, 5.74) is 0.656. The van der Waals surface area contributed by atoms with Crippen LogP contribution in [0.25, 0.3) is 0 Å². The molecule has 0 radical (unpaired) electrons. The Hall–Kier alpha value is -1.00. The summed E-state index contributed by atoms with van der Waals surface area (Å²) in [5.74, 6) is -0.769. The minimum atomic E-state index is -0.800. The van der Waals surface area contributed by atoms with Crippen LogP contribution in [-0.2, 0) is 6.54 Å². The number of likely N-dealkylation sites (tertiary alicyclic amines) is 1. The van der Waals surface area contributed by atoms with Crippen molar-refractivity contribution in [2.45, 2.75) is 71.1 Å². The predicted molar refractivity (Wildman–Crippen MR) is 132 cm³/mol. The minimum Gasteiger partial charge on any atom is -0.392 e. The zero-order chi connectivity index (χ0) is 21.6. The number of piperidine rings is 1. The van der Waals surface area contributed by atoms with Gasteiger partial charge < -0.3 is 15.7 Å². The van der Waals surface area contributed by atoms with E-state index in [4.69, 9.17) is 4.99 Å². The fourth-order valence-electron chi connectivity index (χ4n) is 4.47. The molecule has 176 valence electrons. The first-order chi connectivity index (χ1) is 14.4. The maximum absolute atomic E-state index is 13.4. The van der Waals surface area contributed by atoms with Gasteiger partial charge in [0.1, 0.15) is 0 Å². The van der Waals surface area contributed by atoms with Crippen LogP contribution in [0.15, 0.2) is 23.2 Å². The van der Waals surface area contributed by atoms with E-state index in [1.807, 2.05) is 0 Å². The van der Waals surface area contributed by atoms with E-state index in [1.54, 1.807) is 6.07 Å². The van der Waals surface area contributed by atoms with Gasteiger partial charge in [0.25, 0.3) is 0 Å². The quantitative estimate of drug-likeness (QED) is 0.285. The highest BCUT2D eigenvalue weighted by molar-refractivity contribution is 14.0. The number of rotatable bonds is 6. The summed E-state index contributed by atoms with van der Waals surface area (Å²) in [6, 6.07) is 4.46. The first-order valence-corrected chi connectivity index (χ1v) is 11.3. The Morgan fingerprint density at radius 3 is 2.58 bits per heavy atom. The van der Waals surface area contributed by atoms with E-state index < -0.39 is 11.6 Å². The zero-order valence-electron chi connectivity index (χ0n) is 18.7. The second kappa shape index (κ2) is 12.3. The van der Waals surface area contributed by atoms with Crippen LogP contribution in [0.2, 0.25) is 0 Å². The number of aliphatic hydroxyl groups excluding tert-OH is 1. The molecular weight excluding hydrogens is 513 g/mol. The van der Waals surface area contributed by atoms with Gasteiger partial charge in [-0.2, -0.15) is 0 Å². The number of halogens is 3. The number of hydrogen-bond acceptors (Lipinski definition) is 3. The maximum atomic E-state index is 13.4. The molecular formula is C23H37F2IN4O. The highest BCUT2D eigenvalue weighted by Crippen LogP contribution is 2.36. The number of aliphatic hydroxyl groups is 1. The molecule has 1 saturated heterocycles. The minimum absolute atomic E-state index is 0. The number of aliphatic imine (C=N–C) groups is 1. The van der Waals surface area contributed by atoms with Gasteiger partial charge in [-0.3, -0.25) is 9.89 Å². The molecule has 8 heteroatoms. The highest BCUT2D eigenvalue weighted by Gasteiger charge is 2.35. The van der Waals surface area contributed by atoms with Crippen LogP contribution >= 0.6 is 24.0 Å². The molecule has 2 atom stereocenters. The van der Waals surface area contributed by atoms with Gasteiger partial charge in [-0.15, -0.1) is 24.0 Å². The van der Waals surface area contributed by atoms with Crippen molar-refractivity contribution in [2.75, 3.05) is 26.2 Å². The third-order valence-electron chi connectivity index (χ3n) is 6.54. The van der Waals surface area contributed by atoms with E-state index in [-0.39, 0.29) is 35.5 Å². The van der Waals surface area contributed by atoms with Gasteiger partial charge in [0.05, 0.1) is 12.6 Å². The Kier molecular flexibility index (Phi) is 10.4. The lowest BCUT2D eigenvalue weighted by molar-refractivity contribution is 0.00715. The van der Waals surface area contributed by atoms with Crippen LogP contribution < -0.4 is 10.6 Å². The average molecular weight is 550 g/mol. The molecule has 0 aromatic heterocycles. The van der Waals surface area contributed by atoms with Crippen molar-refractivity contribution in [3.05, 3.63) is 35.4 Å². The van der Waals surface area contributed by atoms with Gasteiger partial charge in [0.15, 0.2) is 17.6 Å². The summed E-state index contributed by atoms with van der Waals surface area (Å²) in [7, 11) is 0. The molecule has 3 rings (SSSR count). The predicted octanol–water partition coefficient (Wildman–Crippen LogP) is 4.04. The topological polar surface area (TPSA) is 59.9 Å². The smallest absolute Gasteiger partial charge is 0.191 e. The van der Waals surface area contributed by atoms with E-state index in [0.29, 0.717) is 19.1 Å². The SMILES string of the molecule is CCNC(=NCC1(C)CCCCC1O)NC1CCN(Cc2ccc(F)c(F)c2)CC1.I. The highest BCUT2D eigenvalue weighted by atomic mass is 127. The Balaban J connectivity index is 0.00000341. The molecule has 0 spiro atoms. The van der Waals surface area contributed by atoms with E-state index in [0.717, 1.165) is 69.7 Å². The summed E-state index contributed by atoms with van der Waals surface area (Å²) in [6.07, 6.45) is 5.79. The van der Waals surface area contributed by atoms with E-state index in [2.05, 4.69) is 29.4 Å². The molecule has 31 heavy (non-hydrogen) atoms. The molecule has 5 nitrogen and oxygen atoms in total. The molecule has 2 fully saturated rings. The fraction of sp³-hybridized carbons (Fsp3) is 0.696. The van der Waals surface area contributed by atoms with Gasteiger partial charge in [-0.25, -0.2) is 8.78 Å². The second-order valence-electron chi connectivity index (χ2n) is 9.05. The van der Waals surface area contributed by atoms with Gasteiger partial charge in [0.2, 0.25) is 0 Å². The number of guanidine groups is 1. The monoisotopic (exact) mass is 550 g/mol. The Bertz CT molecular complexity index is 728. The summed E-state index contributed by atoms with van der Waals surface area (Å²) in [5, 5.41) is 17.3. The number of nitrogens with zero attached hydrogens (tertiary/aromatic N) is 2. The first-order valence-electron chi connectivity index (χ1n) is 11.3. The molecule has 1 heterocycles. The normalized spacial score (nSPS) is 25.7. The average Bonchev–Trinajstić information content (AvgIpc) is 2.73. The van der Waals surface area contributed by atoms with Gasteiger partial charge in [-0.1, -0.05) is 25.8 Å². The molecule has 1 aliphatic carbocycles. The fourth-order valence-corrected chi connectivity index (χ4v) is 4.47. The molecule has 1 aromatic rings. The Morgan fingerprint density at radius 2 is 1.94 bits per heavy atom. The van der Waals surface area contributed by atoms with Crippen molar-refractivity contribution in [1.29, 1.82) is 0 Å². The van der Waals surface area contributed by atoms with Crippen LogP contribution in [0.5, 0.6) is 0 Å². The number of benzene rings is 1. The maximum Gasteiger partial charge on any atom is 0.191 e. The first kappa shape index (κ1) is 26.3. The summed E-state index contributed by atoms with van der Waals surface area (Å²) >= 11 is 0. The van der Waals surface area contributed by atoms with Gasteiger partial charge in [0, 0.05) is 37.6 Å². The number of hydrogen-bond donors (Lipinski definition) is 3. The van der Waals surface area contributed by atoms with E-state index in [9.17, 15) is 13.9 Å². The Labute approximate surface area is 202 Å². The molecule has 0 bridgehead atoms. The molecule has 1 aliphatic heterocycles. The summed E-state index contributed by atoms with van der Waals surface area (Å²) in [4.78, 5) is 7.07. The standard InChI is InChI=1S/C23H36F2N4O.HI/c1-3-26-22(27-16-23(2)11-5-4-6-21(23)30)28-18-9-12-29(13-10-18)15-17-7-8-19(24)20(25)14-17;/h7-8,14,18,21,30H,3-6,9-13,15-16H2,1-2H3,(H2,26,27,28);1H. The lowest BCUT2D eigenvalue weighted by Crippen LogP contribution is -2.49. The van der Waals surface area contributed by atoms with Gasteiger partial charge in [-0.05, 0) is 50.3 Å². The lowest BCUT2D eigenvalue weighted by atomic mass is 9.73. The second-order valence-corrected chi connectivity index (χ2v) is 9.05. The van der Waals surface area contributed by atoms with E-state index >= 15 is 0 Å². The summed E-state index contributed by atoms with van der Waals surface area (Å²) < 4.78 is 26.5. The van der Waals surface area contributed by atoms with Crippen molar-refractivity contribution in [3.63, 3.8) is 0 Å². The van der Waals surface area contributed by atoms with Crippen molar-refractivity contribution in [1.82, 2.24) is 15.5 Å². The van der Waals surface area contributed by atoms with Crippen molar-refractivity contribution >= 4 is 29.9 Å². The third kappa shape index (κ3) is 7.53. The zero-order valence-corrected chi connectivity index (χ0v) is 21.0. The largest absolute Gasteiger partial charge is 0.392 e. The third-order valence-corrected chi connectivity index (χ3v) is 6.54. The number of nitrogens with one attached hydrogen (secondary N) is 2. The molecule has 0 amide bonds. The molecule has 2 unspecified atom stereocenters. The van der Waals surface area contributed by atoms with Crippen LogP contribution in [0.3, 0.4) is 0 Å². The lowest BCUT2D eigenvalue weighted by Gasteiger charge is -2.37. The molecule has 1 saturated carbocycles. The van der Waals surface area contributed by atoms with Gasteiger partial charge >= 0.3 is 0 Å². The molecule has 3 N–H and O–H groups in total.